The summed E-state index contributed by atoms with van der Waals surface area (Å²) in [5.74, 6) is -0.358. The summed E-state index contributed by atoms with van der Waals surface area (Å²) in [5.41, 5.74) is 1.77. The Kier molecular flexibility index (Phi) is 2.38. The Morgan fingerprint density at radius 3 is 2.53 bits per heavy atom. The third-order valence-corrected chi connectivity index (χ3v) is 3.40. The van der Waals surface area contributed by atoms with Gasteiger partial charge in [0.05, 0.1) is 7.11 Å². The lowest BCUT2D eigenvalue weighted by Gasteiger charge is -2.09. The Morgan fingerprint density at radius 2 is 2.00 bits per heavy atom. The summed E-state index contributed by atoms with van der Waals surface area (Å²) >= 11 is 0. The summed E-state index contributed by atoms with van der Waals surface area (Å²) in [6.45, 7) is 0. The molecule has 2 aliphatic carbocycles. The summed E-state index contributed by atoms with van der Waals surface area (Å²) in [7, 11) is 1.25. The minimum absolute atomic E-state index is 0.168. The van der Waals surface area contributed by atoms with E-state index >= 15 is 0 Å². The average Bonchev–Trinajstić information content (AvgIpc) is 3.18. The molecule has 1 aromatic heterocycles. The number of esters is 1. The van der Waals surface area contributed by atoms with Crippen LogP contribution >= 0.6 is 0 Å². The van der Waals surface area contributed by atoms with Gasteiger partial charge < -0.3 is 4.74 Å². The molecule has 2 saturated carbocycles. The summed E-state index contributed by atoms with van der Waals surface area (Å²) in [6.07, 6.45) is 4.41. The maximum atomic E-state index is 13.8. The van der Waals surface area contributed by atoms with Crippen molar-refractivity contribution < 1.29 is 13.9 Å². The molecule has 2 aliphatic rings. The van der Waals surface area contributed by atoms with E-state index in [9.17, 15) is 9.18 Å². The maximum absolute atomic E-state index is 13.8. The largest absolute Gasteiger partial charge is 0.464 e. The number of aromatic nitrogens is 1. The van der Waals surface area contributed by atoms with Gasteiger partial charge in [0.2, 0.25) is 0 Å². The van der Waals surface area contributed by atoms with Crippen LogP contribution in [0.1, 0.15) is 59.3 Å². The molecule has 0 aliphatic heterocycles. The van der Waals surface area contributed by atoms with Crippen molar-refractivity contribution in [1.82, 2.24) is 4.98 Å². The Balaban J connectivity index is 2.06. The molecule has 3 nitrogen and oxygen atoms in total. The highest BCUT2D eigenvalue weighted by Gasteiger charge is 2.35. The number of nitrogens with zero attached hydrogens (tertiary/aromatic N) is 1. The molecular formula is C13H14FNO2. The van der Waals surface area contributed by atoms with Crippen molar-refractivity contribution in [2.45, 2.75) is 37.5 Å². The van der Waals surface area contributed by atoms with Crippen molar-refractivity contribution in [1.29, 1.82) is 0 Å². The lowest BCUT2D eigenvalue weighted by molar-refractivity contribution is 0.0588. The van der Waals surface area contributed by atoms with E-state index in [1.54, 1.807) is 0 Å². The molecule has 3 rings (SSSR count). The molecule has 90 valence electrons. The molecule has 0 amide bonds. The molecule has 1 heterocycles. The zero-order chi connectivity index (χ0) is 12.0. The second kappa shape index (κ2) is 3.79. The fourth-order valence-electron chi connectivity index (χ4n) is 2.16. The van der Waals surface area contributed by atoms with Crippen LogP contribution in [-0.2, 0) is 4.74 Å². The molecular weight excluding hydrogens is 221 g/mol. The van der Waals surface area contributed by atoms with E-state index in [1.165, 1.54) is 13.2 Å². The quantitative estimate of drug-likeness (QED) is 0.756. The molecule has 0 atom stereocenters. The summed E-state index contributed by atoms with van der Waals surface area (Å²) in [5, 5.41) is 0. The van der Waals surface area contributed by atoms with Crippen LogP contribution in [0.4, 0.5) is 4.39 Å². The second-order valence-corrected chi connectivity index (χ2v) is 4.83. The predicted molar refractivity (Wildman–Crippen MR) is 59.5 cm³/mol. The van der Waals surface area contributed by atoms with Crippen molar-refractivity contribution in [3.63, 3.8) is 0 Å². The number of ether oxygens (including phenoxy) is 1. The number of carbonyl (C=O) groups excluding carboxylic acids is 1. The lowest BCUT2D eigenvalue weighted by atomic mass is 10.0. The van der Waals surface area contributed by atoms with Crippen LogP contribution in [0.5, 0.6) is 0 Å². The summed E-state index contributed by atoms with van der Waals surface area (Å²) < 4.78 is 18.3. The van der Waals surface area contributed by atoms with Crippen LogP contribution in [-0.4, -0.2) is 18.1 Å². The fourth-order valence-corrected chi connectivity index (χ4v) is 2.16. The number of methoxy groups -OCH3 is 1. The monoisotopic (exact) mass is 235 g/mol. The van der Waals surface area contributed by atoms with E-state index in [0.29, 0.717) is 11.8 Å². The van der Waals surface area contributed by atoms with Gasteiger partial charge in [-0.05, 0) is 43.2 Å². The summed E-state index contributed by atoms with van der Waals surface area (Å²) in [6, 6.07) is 1.49. The van der Waals surface area contributed by atoms with Gasteiger partial charge in [0.25, 0.3) is 0 Å². The van der Waals surface area contributed by atoms with E-state index in [-0.39, 0.29) is 5.69 Å². The lowest BCUT2D eigenvalue weighted by Crippen LogP contribution is -2.11. The minimum atomic E-state index is -0.688. The zero-order valence-corrected chi connectivity index (χ0v) is 9.70. The molecule has 1 aromatic rings. The van der Waals surface area contributed by atoms with Gasteiger partial charge >= 0.3 is 5.97 Å². The van der Waals surface area contributed by atoms with E-state index < -0.39 is 11.8 Å². The topological polar surface area (TPSA) is 39.2 Å². The van der Waals surface area contributed by atoms with Gasteiger partial charge in [0.15, 0.2) is 11.5 Å². The van der Waals surface area contributed by atoms with Gasteiger partial charge in [-0.1, -0.05) is 0 Å². The molecule has 0 bridgehead atoms. The molecule has 2 fully saturated rings. The Labute approximate surface area is 99.0 Å². The zero-order valence-electron chi connectivity index (χ0n) is 9.70. The van der Waals surface area contributed by atoms with Gasteiger partial charge in [-0.2, -0.15) is 0 Å². The van der Waals surface area contributed by atoms with E-state index in [1.807, 2.05) is 0 Å². The highest BCUT2D eigenvalue weighted by Crippen LogP contribution is 2.48. The second-order valence-electron chi connectivity index (χ2n) is 4.83. The fraction of sp³-hybridized carbons (Fsp3) is 0.538. The van der Waals surface area contributed by atoms with Crippen molar-refractivity contribution >= 4 is 5.97 Å². The van der Waals surface area contributed by atoms with Crippen molar-refractivity contribution in [2.24, 2.45) is 0 Å². The van der Waals surface area contributed by atoms with E-state index in [2.05, 4.69) is 9.72 Å². The smallest absolute Gasteiger partial charge is 0.359 e. The average molecular weight is 235 g/mol. The first-order valence-corrected chi connectivity index (χ1v) is 5.99. The van der Waals surface area contributed by atoms with Crippen LogP contribution in [0.15, 0.2) is 6.07 Å². The van der Waals surface area contributed by atoms with Gasteiger partial charge in [-0.15, -0.1) is 0 Å². The van der Waals surface area contributed by atoms with E-state index in [4.69, 9.17) is 0 Å². The van der Waals surface area contributed by atoms with Crippen LogP contribution in [0.2, 0.25) is 0 Å². The molecule has 0 unspecified atom stereocenters. The SMILES string of the molecule is COC(=O)c1nc(C2CC2)c(C2CC2)cc1F. The standard InChI is InChI=1S/C13H14FNO2/c1-17-13(16)12-10(14)6-9(7-2-3-7)11(15-12)8-4-5-8/h6-8H,2-5H2,1H3. The van der Waals surface area contributed by atoms with Crippen molar-refractivity contribution in [2.75, 3.05) is 7.11 Å². The van der Waals surface area contributed by atoms with E-state index in [0.717, 1.165) is 36.9 Å². The van der Waals surface area contributed by atoms with Gasteiger partial charge in [0.1, 0.15) is 0 Å². The third kappa shape index (κ3) is 1.92. The number of hydrogen-bond donors (Lipinski definition) is 0. The Hall–Kier alpha value is -1.45. The number of rotatable bonds is 3. The first-order valence-electron chi connectivity index (χ1n) is 5.99. The maximum Gasteiger partial charge on any atom is 0.359 e. The number of pyridine rings is 1. The third-order valence-electron chi connectivity index (χ3n) is 3.40. The first-order chi connectivity index (χ1) is 8.20. The molecule has 0 aromatic carbocycles. The van der Waals surface area contributed by atoms with Crippen LogP contribution in [0, 0.1) is 5.82 Å². The minimum Gasteiger partial charge on any atom is -0.464 e. The molecule has 0 spiro atoms. The molecule has 0 saturated heterocycles. The molecule has 4 heteroatoms. The Bertz CT molecular complexity index is 479. The van der Waals surface area contributed by atoms with Crippen LogP contribution in [0.25, 0.3) is 0 Å². The van der Waals surface area contributed by atoms with Gasteiger partial charge in [-0.25, -0.2) is 14.2 Å². The van der Waals surface area contributed by atoms with Gasteiger partial charge in [0, 0.05) is 11.6 Å². The predicted octanol–water partition coefficient (Wildman–Crippen LogP) is 2.76. The number of carbonyl (C=O) groups is 1. The molecule has 17 heavy (non-hydrogen) atoms. The molecule has 0 radical (unpaired) electrons. The van der Waals surface area contributed by atoms with Gasteiger partial charge in [-0.3, -0.25) is 0 Å². The summed E-state index contributed by atoms with van der Waals surface area (Å²) in [4.78, 5) is 15.6. The number of halogens is 1. The van der Waals surface area contributed by atoms with Crippen LogP contribution in [0.3, 0.4) is 0 Å². The highest BCUT2D eigenvalue weighted by molar-refractivity contribution is 5.87. The first kappa shape index (κ1) is 10.7. The number of hydrogen-bond acceptors (Lipinski definition) is 3. The highest BCUT2D eigenvalue weighted by atomic mass is 19.1. The normalized spacial score (nSPS) is 19.2. The van der Waals surface area contributed by atoms with Crippen molar-refractivity contribution in [3.8, 4) is 0 Å². The van der Waals surface area contributed by atoms with Crippen LogP contribution < -0.4 is 0 Å². The Morgan fingerprint density at radius 1 is 1.35 bits per heavy atom. The van der Waals surface area contributed by atoms with Crippen molar-refractivity contribution in [3.05, 3.63) is 28.8 Å². The molecule has 0 N–H and O–H groups in total.